The van der Waals surface area contributed by atoms with Crippen molar-refractivity contribution in [1.29, 1.82) is 0 Å². The molecule has 2 heterocycles. The van der Waals surface area contributed by atoms with Crippen LogP contribution in [0.1, 0.15) is 31.4 Å². The third-order valence-corrected chi connectivity index (χ3v) is 6.86. The van der Waals surface area contributed by atoms with Crippen molar-refractivity contribution < 1.29 is 24.1 Å². The molecular weight excluding hydrogens is 458 g/mol. The fourth-order valence-corrected chi connectivity index (χ4v) is 4.99. The Bertz CT molecular complexity index is 1110. The molecule has 0 saturated heterocycles. The van der Waals surface area contributed by atoms with Gasteiger partial charge in [0.2, 0.25) is 5.88 Å². The molecule has 0 spiro atoms. The quantitative estimate of drug-likeness (QED) is 0.390. The lowest BCUT2D eigenvalue weighted by molar-refractivity contribution is -0.142. The summed E-state index contributed by atoms with van der Waals surface area (Å²) in [5, 5.41) is 13.9. The molecule has 8 heteroatoms. The summed E-state index contributed by atoms with van der Waals surface area (Å²) >= 11 is 0. The van der Waals surface area contributed by atoms with E-state index in [0.29, 0.717) is 30.9 Å². The standard InChI is InChI=1S/C28H35N3O5/c1-34-15-14-24-27(23-12-13-25(35-2)29-16-23)28(22-6-4-3-5-7-22)30-31(24)17-20-8-10-21(11-9-20)18-36-19-26(32)33/h3-7,12-13,16,20-21H,8-11,14-15,17-19H2,1-2H3,(H,32,33)/t20-,21-. The van der Waals surface area contributed by atoms with Crippen molar-refractivity contribution >= 4 is 5.97 Å². The minimum absolute atomic E-state index is 0.221. The van der Waals surface area contributed by atoms with Crippen molar-refractivity contribution in [3.63, 3.8) is 0 Å². The first-order chi connectivity index (χ1) is 17.6. The van der Waals surface area contributed by atoms with Crippen LogP contribution in [0.5, 0.6) is 5.88 Å². The molecule has 0 bridgehead atoms. The lowest BCUT2D eigenvalue weighted by atomic mass is 9.82. The first kappa shape index (κ1) is 25.9. The van der Waals surface area contributed by atoms with Crippen LogP contribution in [0.25, 0.3) is 22.4 Å². The van der Waals surface area contributed by atoms with Crippen LogP contribution in [-0.4, -0.2) is 59.9 Å². The Kier molecular flexibility index (Phi) is 9.08. The van der Waals surface area contributed by atoms with Gasteiger partial charge in [0.05, 0.1) is 20.3 Å². The summed E-state index contributed by atoms with van der Waals surface area (Å²) in [5.41, 5.74) is 5.26. The number of pyridine rings is 1. The van der Waals surface area contributed by atoms with E-state index < -0.39 is 5.97 Å². The highest BCUT2D eigenvalue weighted by Gasteiger charge is 2.26. The van der Waals surface area contributed by atoms with E-state index in [-0.39, 0.29) is 6.61 Å². The summed E-state index contributed by atoms with van der Waals surface area (Å²) in [6.07, 6.45) is 6.83. The largest absolute Gasteiger partial charge is 0.481 e. The average molecular weight is 494 g/mol. The molecule has 1 N–H and O–H groups in total. The predicted octanol–water partition coefficient (Wildman–Crippen LogP) is 4.72. The monoisotopic (exact) mass is 493 g/mol. The van der Waals surface area contributed by atoms with E-state index in [9.17, 15) is 4.79 Å². The Balaban J connectivity index is 1.60. The Morgan fingerprint density at radius 1 is 1.03 bits per heavy atom. The molecule has 1 fully saturated rings. The number of carboxylic acids is 1. The Hall–Kier alpha value is -3.23. The van der Waals surface area contributed by atoms with Crippen LogP contribution in [-0.2, 0) is 27.2 Å². The van der Waals surface area contributed by atoms with Gasteiger partial charge in [-0.1, -0.05) is 30.3 Å². The first-order valence-electron chi connectivity index (χ1n) is 12.5. The van der Waals surface area contributed by atoms with Crippen molar-refractivity contribution in [3.05, 3.63) is 54.4 Å². The highest BCUT2D eigenvalue weighted by molar-refractivity contribution is 5.82. The third kappa shape index (κ3) is 6.50. The van der Waals surface area contributed by atoms with E-state index in [1.807, 2.05) is 36.5 Å². The molecule has 0 unspecified atom stereocenters. The van der Waals surface area contributed by atoms with Gasteiger partial charge >= 0.3 is 5.97 Å². The second kappa shape index (κ2) is 12.6. The number of benzene rings is 1. The summed E-state index contributed by atoms with van der Waals surface area (Å²) < 4.78 is 18.3. The van der Waals surface area contributed by atoms with Crippen LogP contribution in [0, 0.1) is 11.8 Å². The minimum Gasteiger partial charge on any atom is -0.481 e. The zero-order valence-corrected chi connectivity index (χ0v) is 21.1. The summed E-state index contributed by atoms with van der Waals surface area (Å²) in [6.45, 7) is 1.74. The molecule has 36 heavy (non-hydrogen) atoms. The highest BCUT2D eigenvalue weighted by atomic mass is 16.5. The number of aromatic nitrogens is 3. The van der Waals surface area contributed by atoms with Crippen molar-refractivity contribution in [2.45, 2.75) is 38.6 Å². The van der Waals surface area contributed by atoms with E-state index in [2.05, 4.69) is 21.8 Å². The van der Waals surface area contributed by atoms with E-state index in [1.54, 1.807) is 14.2 Å². The summed E-state index contributed by atoms with van der Waals surface area (Å²) in [6, 6.07) is 14.2. The van der Waals surface area contributed by atoms with Gasteiger partial charge in [0.25, 0.3) is 0 Å². The number of nitrogens with zero attached hydrogens (tertiary/aromatic N) is 3. The van der Waals surface area contributed by atoms with Gasteiger partial charge < -0.3 is 19.3 Å². The maximum absolute atomic E-state index is 10.7. The van der Waals surface area contributed by atoms with E-state index in [1.165, 1.54) is 0 Å². The zero-order valence-electron chi connectivity index (χ0n) is 21.1. The molecule has 0 amide bonds. The number of methoxy groups -OCH3 is 2. The van der Waals surface area contributed by atoms with Crippen LogP contribution in [0.4, 0.5) is 0 Å². The number of carbonyl (C=O) groups is 1. The maximum atomic E-state index is 10.7. The molecular formula is C28H35N3O5. The van der Waals surface area contributed by atoms with Crippen LogP contribution < -0.4 is 4.74 Å². The second-order valence-electron chi connectivity index (χ2n) is 9.35. The summed E-state index contributed by atoms with van der Waals surface area (Å²) in [5.74, 6) is 0.595. The number of hydrogen-bond acceptors (Lipinski definition) is 6. The molecule has 1 aliphatic rings. The van der Waals surface area contributed by atoms with E-state index in [0.717, 1.165) is 66.7 Å². The fourth-order valence-electron chi connectivity index (χ4n) is 4.99. The summed E-state index contributed by atoms with van der Waals surface area (Å²) in [7, 11) is 3.34. The van der Waals surface area contributed by atoms with E-state index >= 15 is 0 Å². The second-order valence-corrected chi connectivity index (χ2v) is 9.35. The van der Waals surface area contributed by atoms with E-state index in [4.69, 9.17) is 24.4 Å². The van der Waals surface area contributed by atoms with Gasteiger partial charge in [0.15, 0.2) is 0 Å². The Morgan fingerprint density at radius 2 is 1.78 bits per heavy atom. The van der Waals surface area contributed by atoms with Gasteiger partial charge in [0.1, 0.15) is 12.3 Å². The fraction of sp³-hybridized carbons (Fsp3) is 0.464. The SMILES string of the molecule is COCCc1c(-c2ccc(OC)nc2)c(-c2ccccc2)nn1C[C@H]1CC[C@H](COCC(=O)O)CC1. The van der Waals surface area contributed by atoms with Crippen molar-refractivity contribution in [1.82, 2.24) is 14.8 Å². The molecule has 1 saturated carbocycles. The molecule has 0 atom stereocenters. The van der Waals surface area contributed by atoms with Crippen LogP contribution in [0.15, 0.2) is 48.7 Å². The molecule has 0 aliphatic heterocycles. The Morgan fingerprint density at radius 3 is 2.42 bits per heavy atom. The van der Waals surface area contributed by atoms with Crippen LogP contribution in [0.2, 0.25) is 0 Å². The van der Waals surface area contributed by atoms with Crippen molar-refractivity contribution in [2.24, 2.45) is 11.8 Å². The number of carboxylic acid groups (broad SMARTS) is 1. The topological polar surface area (TPSA) is 95.7 Å². The average Bonchev–Trinajstić information content (AvgIpc) is 3.26. The number of aliphatic carboxylic acids is 1. The number of rotatable bonds is 12. The van der Waals surface area contributed by atoms with Crippen molar-refractivity contribution in [3.8, 4) is 28.3 Å². The summed E-state index contributed by atoms with van der Waals surface area (Å²) in [4.78, 5) is 15.2. The molecule has 0 radical (unpaired) electrons. The first-order valence-corrected chi connectivity index (χ1v) is 12.5. The van der Waals surface area contributed by atoms with Crippen molar-refractivity contribution in [2.75, 3.05) is 34.0 Å². The molecule has 4 rings (SSSR count). The van der Waals surface area contributed by atoms with Gasteiger partial charge in [-0.05, 0) is 43.6 Å². The molecule has 1 aromatic carbocycles. The third-order valence-electron chi connectivity index (χ3n) is 6.86. The highest BCUT2D eigenvalue weighted by Crippen LogP contribution is 2.37. The zero-order chi connectivity index (χ0) is 25.3. The lowest BCUT2D eigenvalue weighted by Gasteiger charge is -2.28. The van der Waals surface area contributed by atoms with Crippen LogP contribution in [0.3, 0.4) is 0 Å². The normalized spacial score (nSPS) is 17.7. The lowest BCUT2D eigenvalue weighted by Crippen LogP contribution is -2.24. The smallest absolute Gasteiger partial charge is 0.329 e. The number of hydrogen-bond donors (Lipinski definition) is 1. The molecule has 1 aliphatic carbocycles. The van der Waals surface area contributed by atoms with Gasteiger partial charge in [0, 0.05) is 54.7 Å². The molecule has 3 aromatic rings. The molecule has 2 aromatic heterocycles. The predicted molar refractivity (Wildman–Crippen MR) is 137 cm³/mol. The number of ether oxygens (including phenoxy) is 3. The van der Waals surface area contributed by atoms with Gasteiger partial charge in [-0.3, -0.25) is 4.68 Å². The molecule has 192 valence electrons. The van der Waals surface area contributed by atoms with Gasteiger partial charge in [-0.15, -0.1) is 0 Å². The minimum atomic E-state index is -0.914. The van der Waals surface area contributed by atoms with Gasteiger partial charge in [-0.25, -0.2) is 9.78 Å². The van der Waals surface area contributed by atoms with Crippen LogP contribution >= 0.6 is 0 Å². The molecule has 8 nitrogen and oxygen atoms in total. The Labute approximate surface area is 212 Å². The maximum Gasteiger partial charge on any atom is 0.329 e. The van der Waals surface area contributed by atoms with Gasteiger partial charge in [-0.2, -0.15) is 5.10 Å².